The third kappa shape index (κ3) is 5.91. The van der Waals surface area contributed by atoms with E-state index in [4.69, 9.17) is 0 Å². The fourth-order valence-electron chi connectivity index (χ4n) is 1.99. The van der Waals surface area contributed by atoms with Crippen LogP contribution in [0.1, 0.15) is 5.56 Å². The van der Waals surface area contributed by atoms with E-state index in [0.717, 1.165) is 23.9 Å². The number of rotatable bonds is 8. The second kappa shape index (κ2) is 8.17. The van der Waals surface area contributed by atoms with Crippen LogP contribution in [0.15, 0.2) is 30.5 Å². The molecule has 0 radical (unpaired) electrons. The minimum absolute atomic E-state index is 0.0626. The van der Waals surface area contributed by atoms with Crippen LogP contribution in [0.2, 0.25) is 0 Å². The Labute approximate surface area is 145 Å². The molecule has 0 fully saturated rings. The van der Waals surface area contributed by atoms with Crippen LogP contribution >= 0.6 is 0 Å². The Hall–Kier alpha value is -2.33. The predicted octanol–water partition coefficient (Wildman–Crippen LogP) is 1.35. The van der Waals surface area contributed by atoms with Crippen LogP contribution in [0.4, 0.5) is 20.3 Å². The summed E-state index contributed by atoms with van der Waals surface area (Å²) < 4.78 is 52.9. The molecule has 7 nitrogen and oxygen atoms in total. The van der Waals surface area contributed by atoms with E-state index >= 15 is 0 Å². The molecule has 10 heteroatoms. The number of sulfonamides is 1. The van der Waals surface area contributed by atoms with E-state index in [1.165, 1.54) is 0 Å². The molecule has 0 aliphatic carbocycles. The summed E-state index contributed by atoms with van der Waals surface area (Å²) in [6.07, 6.45) is 1.60. The van der Waals surface area contributed by atoms with Gasteiger partial charge in [0, 0.05) is 38.8 Å². The predicted molar refractivity (Wildman–Crippen MR) is 91.8 cm³/mol. The average Bonchev–Trinajstić information content (AvgIpc) is 2.55. The Morgan fingerprint density at radius 1 is 1.16 bits per heavy atom. The first-order valence-corrected chi connectivity index (χ1v) is 9.07. The molecule has 2 aromatic rings. The standard InChI is InChI=1S/C15H19F2N5O2S/c1-22(2)13-8-15(21-19-9-13)18-5-6-20-25(23,24)10-11-7-12(16)3-4-14(11)17/h3-4,7-9,20H,5-6,10H2,1-2H3,(H,18,21). The molecule has 0 spiro atoms. The highest BCUT2D eigenvalue weighted by Gasteiger charge is 2.15. The lowest BCUT2D eigenvalue weighted by atomic mass is 10.2. The van der Waals surface area contributed by atoms with Crippen molar-refractivity contribution in [3.63, 3.8) is 0 Å². The largest absolute Gasteiger partial charge is 0.376 e. The summed E-state index contributed by atoms with van der Waals surface area (Å²) in [4.78, 5) is 1.86. The van der Waals surface area contributed by atoms with Crippen molar-refractivity contribution >= 4 is 21.5 Å². The molecular formula is C15H19F2N5O2S. The number of anilines is 2. The van der Waals surface area contributed by atoms with E-state index in [-0.39, 0.29) is 18.7 Å². The highest BCUT2D eigenvalue weighted by Crippen LogP contribution is 2.13. The first-order valence-electron chi connectivity index (χ1n) is 7.42. The topological polar surface area (TPSA) is 87.2 Å². The number of nitrogens with one attached hydrogen (secondary N) is 2. The smallest absolute Gasteiger partial charge is 0.215 e. The van der Waals surface area contributed by atoms with Crippen LogP contribution in [0.5, 0.6) is 0 Å². The fraction of sp³-hybridized carbons (Fsp3) is 0.333. The summed E-state index contributed by atoms with van der Waals surface area (Å²) in [6.45, 7) is 0.323. The van der Waals surface area contributed by atoms with Crippen LogP contribution in [-0.2, 0) is 15.8 Å². The van der Waals surface area contributed by atoms with Crippen LogP contribution in [-0.4, -0.2) is 45.8 Å². The van der Waals surface area contributed by atoms with Gasteiger partial charge in [-0.2, -0.15) is 5.10 Å². The monoisotopic (exact) mass is 371 g/mol. The normalized spacial score (nSPS) is 11.4. The van der Waals surface area contributed by atoms with E-state index in [2.05, 4.69) is 20.2 Å². The molecule has 1 aromatic heterocycles. The summed E-state index contributed by atoms with van der Waals surface area (Å²) in [5.41, 5.74) is 0.629. The van der Waals surface area contributed by atoms with Crippen molar-refractivity contribution in [3.05, 3.63) is 47.7 Å². The molecule has 1 aromatic carbocycles. The van der Waals surface area contributed by atoms with Gasteiger partial charge in [-0.3, -0.25) is 0 Å². The molecule has 25 heavy (non-hydrogen) atoms. The lowest BCUT2D eigenvalue weighted by Gasteiger charge is -2.13. The molecule has 0 saturated carbocycles. The molecule has 1 heterocycles. The second-order valence-electron chi connectivity index (χ2n) is 5.51. The maximum atomic E-state index is 13.5. The molecule has 0 unspecified atom stereocenters. The molecule has 0 amide bonds. The first kappa shape index (κ1) is 19.0. The van der Waals surface area contributed by atoms with Gasteiger partial charge in [-0.05, 0) is 18.2 Å². The van der Waals surface area contributed by atoms with Crippen LogP contribution in [0.25, 0.3) is 0 Å². The lowest BCUT2D eigenvalue weighted by Crippen LogP contribution is -2.30. The molecule has 0 aliphatic heterocycles. The molecule has 2 rings (SSSR count). The summed E-state index contributed by atoms with van der Waals surface area (Å²) in [7, 11) is -0.0677. The Morgan fingerprint density at radius 2 is 1.92 bits per heavy atom. The van der Waals surface area contributed by atoms with Gasteiger partial charge in [-0.25, -0.2) is 21.9 Å². The fourth-order valence-corrected chi connectivity index (χ4v) is 3.14. The number of benzene rings is 1. The molecule has 0 bridgehead atoms. The maximum absolute atomic E-state index is 13.5. The summed E-state index contributed by atoms with van der Waals surface area (Å²) in [5, 5.41) is 10.7. The molecule has 0 aliphatic rings. The van der Waals surface area contributed by atoms with Gasteiger partial charge in [-0.1, -0.05) is 0 Å². The van der Waals surface area contributed by atoms with Gasteiger partial charge in [0.2, 0.25) is 10.0 Å². The quantitative estimate of drug-likeness (QED) is 0.681. The average molecular weight is 371 g/mol. The first-order chi connectivity index (χ1) is 11.8. The number of nitrogens with zero attached hydrogens (tertiary/aromatic N) is 3. The Balaban J connectivity index is 1.86. The molecular weight excluding hydrogens is 352 g/mol. The second-order valence-corrected chi connectivity index (χ2v) is 7.32. The van der Waals surface area contributed by atoms with Crippen molar-refractivity contribution in [2.75, 3.05) is 37.4 Å². The zero-order chi connectivity index (χ0) is 18.4. The van der Waals surface area contributed by atoms with E-state index in [9.17, 15) is 17.2 Å². The van der Waals surface area contributed by atoms with Gasteiger partial charge >= 0.3 is 0 Å². The minimum Gasteiger partial charge on any atom is -0.376 e. The summed E-state index contributed by atoms with van der Waals surface area (Å²) in [6, 6.07) is 4.47. The minimum atomic E-state index is -3.79. The Bertz CT molecular complexity index is 830. The number of aromatic nitrogens is 2. The molecule has 2 N–H and O–H groups in total. The molecule has 0 saturated heterocycles. The third-order valence-corrected chi connectivity index (χ3v) is 4.60. The van der Waals surface area contributed by atoms with Crippen molar-refractivity contribution < 1.29 is 17.2 Å². The van der Waals surface area contributed by atoms with E-state index in [1.807, 2.05) is 19.0 Å². The highest BCUT2D eigenvalue weighted by atomic mass is 32.2. The van der Waals surface area contributed by atoms with Gasteiger partial charge in [0.25, 0.3) is 0 Å². The van der Waals surface area contributed by atoms with Crippen molar-refractivity contribution in [2.45, 2.75) is 5.75 Å². The van der Waals surface area contributed by atoms with Crippen LogP contribution < -0.4 is 14.9 Å². The zero-order valence-corrected chi connectivity index (χ0v) is 14.6. The van der Waals surface area contributed by atoms with Crippen molar-refractivity contribution in [2.24, 2.45) is 0 Å². The van der Waals surface area contributed by atoms with Gasteiger partial charge in [-0.15, -0.1) is 5.10 Å². The summed E-state index contributed by atoms with van der Waals surface area (Å²) in [5.74, 6) is -1.58. The van der Waals surface area contributed by atoms with Crippen LogP contribution in [0.3, 0.4) is 0 Å². The van der Waals surface area contributed by atoms with Crippen molar-refractivity contribution in [1.82, 2.24) is 14.9 Å². The highest BCUT2D eigenvalue weighted by molar-refractivity contribution is 7.88. The molecule has 136 valence electrons. The maximum Gasteiger partial charge on any atom is 0.215 e. The zero-order valence-electron chi connectivity index (χ0n) is 13.8. The van der Waals surface area contributed by atoms with Crippen molar-refractivity contribution in [1.29, 1.82) is 0 Å². The molecule has 0 atom stereocenters. The van der Waals surface area contributed by atoms with Gasteiger partial charge in [0.15, 0.2) is 5.82 Å². The number of halogens is 2. The van der Waals surface area contributed by atoms with Gasteiger partial charge < -0.3 is 10.2 Å². The van der Waals surface area contributed by atoms with Gasteiger partial charge in [0.1, 0.15) is 11.6 Å². The Kier molecular flexibility index (Phi) is 6.21. The summed E-state index contributed by atoms with van der Waals surface area (Å²) >= 11 is 0. The van der Waals surface area contributed by atoms with E-state index in [1.54, 1.807) is 12.3 Å². The van der Waals surface area contributed by atoms with Gasteiger partial charge in [0.05, 0.1) is 17.6 Å². The van der Waals surface area contributed by atoms with Crippen LogP contribution in [0, 0.1) is 11.6 Å². The SMILES string of the molecule is CN(C)c1cnnc(NCCNS(=O)(=O)Cc2cc(F)ccc2F)c1. The van der Waals surface area contributed by atoms with E-state index < -0.39 is 27.4 Å². The lowest BCUT2D eigenvalue weighted by molar-refractivity contribution is 0.571. The van der Waals surface area contributed by atoms with E-state index in [0.29, 0.717) is 5.82 Å². The number of hydrogen-bond acceptors (Lipinski definition) is 6. The third-order valence-electron chi connectivity index (χ3n) is 3.26. The number of hydrogen-bond donors (Lipinski definition) is 2. The Morgan fingerprint density at radius 3 is 2.64 bits per heavy atom. The van der Waals surface area contributed by atoms with Crippen molar-refractivity contribution in [3.8, 4) is 0 Å².